The number of hydrogen-bond acceptors (Lipinski definition) is 4. The van der Waals surface area contributed by atoms with E-state index in [-0.39, 0.29) is 12.1 Å². The lowest BCUT2D eigenvalue weighted by molar-refractivity contribution is 0.193. The van der Waals surface area contributed by atoms with Gasteiger partial charge < -0.3 is 10.2 Å². The van der Waals surface area contributed by atoms with E-state index >= 15 is 0 Å². The van der Waals surface area contributed by atoms with Crippen molar-refractivity contribution in [3.63, 3.8) is 0 Å². The van der Waals surface area contributed by atoms with Crippen LogP contribution in [0.4, 0.5) is 0 Å². The molecule has 0 radical (unpaired) electrons. The van der Waals surface area contributed by atoms with E-state index in [1.807, 2.05) is 33.0 Å². The number of hydrogen-bond donors (Lipinski definition) is 1. The van der Waals surface area contributed by atoms with Gasteiger partial charge in [0.15, 0.2) is 0 Å². The minimum absolute atomic E-state index is 0.0297. The predicted octanol–water partition coefficient (Wildman–Crippen LogP) is 1.82. The van der Waals surface area contributed by atoms with Crippen molar-refractivity contribution >= 4 is 0 Å². The summed E-state index contributed by atoms with van der Waals surface area (Å²) in [5.41, 5.74) is 5.97. The van der Waals surface area contributed by atoms with Gasteiger partial charge in [-0.15, -0.1) is 0 Å². The molecule has 4 nitrogen and oxygen atoms in total. The average molecular weight is 221 g/mol. The molecule has 2 N–H and O–H groups in total. The highest BCUT2D eigenvalue weighted by Gasteiger charge is 2.23. The summed E-state index contributed by atoms with van der Waals surface area (Å²) in [6.07, 6.45) is 0.499. The Hall–Kier alpha value is -1.31. The number of likely N-dealkylation sites (N-methyl/N-ethyl adjacent to an activating group) is 1. The molecular weight excluding hydrogens is 202 g/mol. The third kappa shape index (κ3) is 3.09. The Kier molecular flexibility index (Phi) is 4.53. The van der Waals surface area contributed by atoms with Crippen LogP contribution in [0, 0.1) is 18.3 Å². The van der Waals surface area contributed by atoms with Crippen LogP contribution in [0.3, 0.4) is 0 Å². The molecule has 1 heterocycles. The highest BCUT2D eigenvalue weighted by Crippen LogP contribution is 2.24. The normalized spacial score (nSPS) is 14.8. The van der Waals surface area contributed by atoms with Crippen LogP contribution in [0.2, 0.25) is 0 Å². The smallest absolute Gasteiger partial charge is 0.122 e. The molecule has 0 saturated carbocycles. The van der Waals surface area contributed by atoms with Gasteiger partial charge in [-0.05, 0) is 33.0 Å². The molecule has 1 rings (SSSR count). The number of nitrogens with two attached hydrogens (primary N) is 1. The van der Waals surface area contributed by atoms with Crippen LogP contribution in [-0.4, -0.2) is 24.5 Å². The molecule has 1 aromatic rings. The van der Waals surface area contributed by atoms with Crippen molar-refractivity contribution < 1.29 is 4.42 Å². The van der Waals surface area contributed by atoms with Gasteiger partial charge in [0.25, 0.3) is 0 Å². The Balaban J connectivity index is 2.79. The Morgan fingerprint density at radius 1 is 1.56 bits per heavy atom. The van der Waals surface area contributed by atoms with Gasteiger partial charge in [-0.2, -0.15) is 5.26 Å². The van der Waals surface area contributed by atoms with Gasteiger partial charge in [-0.3, -0.25) is 4.90 Å². The summed E-state index contributed by atoms with van der Waals surface area (Å²) in [4.78, 5) is 2.06. The lowest BCUT2D eigenvalue weighted by atomic mass is 10.1. The monoisotopic (exact) mass is 221 g/mol. The number of nitrogens with zero attached hydrogens (tertiary/aromatic N) is 2. The molecule has 0 aliphatic heterocycles. The second-order valence-corrected chi connectivity index (χ2v) is 4.14. The van der Waals surface area contributed by atoms with E-state index in [0.717, 1.165) is 11.5 Å². The van der Waals surface area contributed by atoms with Crippen LogP contribution in [0.1, 0.15) is 30.9 Å². The van der Waals surface area contributed by atoms with E-state index < -0.39 is 0 Å². The van der Waals surface area contributed by atoms with Crippen LogP contribution in [0.15, 0.2) is 16.5 Å². The fourth-order valence-electron chi connectivity index (χ4n) is 1.86. The first-order chi connectivity index (χ1) is 7.56. The fraction of sp³-hybridized carbons (Fsp3) is 0.583. The molecular formula is C12H19N3O. The van der Waals surface area contributed by atoms with Crippen LogP contribution < -0.4 is 5.73 Å². The second kappa shape index (κ2) is 5.69. The van der Waals surface area contributed by atoms with E-state index in [4.69, 9.17) is 15.4 Å². The summed E-state index contributed by atoms with van der Waals surface area (Å²) >= 11 is 0. The molecule has 0 aliphatic carbocycles. The molecule has 4 heteroatoms. The van der Waals surface area contributed by atoms with E-state index in [2.05, 4.69) is 11.0 Å². The topological polar surface area (TPSA) is 66.2 Å². The van der Waals surface area contributed by atoms with Gasteiger partial charge in [-0.1, -0.05) is 0 Å². The van der Waals surface area contributed by atoms with Crippen molar-refractivity contribution in [3.8, 4) is 6.07 Å². The predicted molar refractivity (Wildman–Crippen MR) is 62.7 cm³/mol. The van der Waals surface area contributed by atoms with Crippen molar-refractivity contribution in [1.82, 2.24) is 4.90 Å². The molecule has 0 amide bonds. The zero-order valence-corrected chi connectivity index (χ0v) is 10.1. The number of rotatable bonds is 5. The molecule has 2 atom stereocenters. The first-order valence-electron chi connectivity index (χ1n) is 5.45. The van der Waals surface area contributed by atoms with Crippen molar-refractivity contribution in [2.75, 3.05) is 13.6 Å². The summed E-state index contributed by atoms with van der Waals surface area (Å²) in [6, 6.07) is 6.02. The van der Waals surface area contributed by atoms with E-state index in [1.54, 1.807) is 0 Å². The van der Waals surface area contributed by atoms with Gasteiger partial charge in [0.1, 0.15) is 11.5 Å². The first-order valence-corrected chi connectivity index (χ1v) is 5.45. The van der Waals surface area contributed by atoms with Crippen molar-refractivity contribution in [3.05, 3.63) is 23.7 Å². The molecule has 0 fully saturated rings. The molecule has 88 valence electrons. The van der Waals surface area contributed by atoms with Crippen LogP contribution >= 0.6 is 0 Å². The maximum atomic E-state index is 8.58. The summed E-state index contributed by atoms with van der Waals surface area (Å²) in [7, 11) is 1.96. The molecule has 2 unspecified atom stereocenters. The van der Waals surface area contributed by atoms with E-state index in [1.165, 1.54) is 0 Å². The van der Waals surface area contributed by atoms with E-state index in [9.17, 15) is 0 Å². The van der Waals surface area contributed by atoms with Gasteiger partial charge in [0, 0.05) is 19.0 Å². The largest absolute Gasteiger partial charge is 0.465 e. The van der Waals surface area contributed by atoms with Gasteiger partial charge in [-0.25, -0.2) is 0 Å². The van der Waals surface area contributed by atoms with Crippen molar-refractivity contribution in [2.24, 2.45) is 5.73 Å². The Morgan fingerprint density at radius 2 is 2.25 bits per heavy atom. The summed E-state index contributed by atoms with van der Waals surface area (Å²) in [5, 5.41) is 8.58. The standard InChI is InChI=1S/C12H19N3O/c1-9-5-6-11(16-9)12(10(2)14)15(3)8-4-7-13/h5-6,10,12H,4,8,14H2,1-3H3. The molecule has 0 bridgehead atoms. The van der Waals surface area contributed by atoms with Crippen molar-refractivity contribution in [1.29, 1.82) is 5.26 Å². The summed E-state index contributed by atoms with van der Waals surface area (Å²) in [6.45, 7) is 4.56. The highest BCUT2D eigenvalue weighted by molar-refractivity contribution is 5.11. The Labute approximate surface area is 96.6 Å². The Bertz CT molecular complexity index is 365. The molecule has 1 aromatic heterocycles. The molecule has 16 heavy (non-hydrogen) atoms. The fourth-order valence-corrected chi connectivity index (χ4v) is 1.86. The molecule has 0 aliphatic rings. The summed E-state index contributed by atoms with van der Waals surface area (Å²) < 4.78 is 5.60. The maximum Gasteiger partial charge on any atom is 0.122 e. The summed E-state index contributed by atoms with van der Waals surface area (Å²) in [5.74, 6) is 1.75. The van der Waals surface area contributed by atoms with Crippen LogP contribution in [-0.2, 0) is 0 Å². The highest BCUT2D eigenvalue weighted by atomic mass is 16.3. The molecule has 0 saturated heterocycles. The second-order valence-electron chi connectivity index (χ2n) is 4.14. The number of aryl methyl sites for hydroxylation is 1. The van der Waals surface area contributed by atoms with Crippen LogP contribution in [0.25, 0.3) is 0 Å². The quantitative estimate of drug-likeness (QED) is 0.823. The molecule has 0 spiro atoms. The van der Waals surface area contributed by atoms with Gasteiger partial charge in [0.2, 0.25) is 0 Å². The van der Waals surface area contributed by atoms with Gasteiger partial charge >= 0.3 is 0 Å². The van der Waals surface area contributed by atoms with Gasteiger partial charge in [0.05, 0.1) is 12.1 Å². The zero-order chi connectivity index (χ0) is 12.1. The zero-order valence-electron chi connectivity index (χ0n) is 10.1. The average Bonchev–Trinajstić information content (AvgIpc) is 2.61. The third-order valence-corrected chi connectivity index (χ3v) is 2.60. The maximum absolute atomic E-state index is 8.58. The van der Waals surface area contributed by atoms with E-state index in [0.29, 0.717) is 13.0 Å². The van der Waals surface area contributed by atoms with Crippen LogP contribution in [0.5, 0.6) is 0 Å². The Morgan fingerprint density at radius 3 is 2.69 bits per heavy atom. The SMILES string of the molecule is Cc1ccc(C(C(C)N)N(C)CCC#N)o1. The minimum Gasteiger partial charge on any atom is -0.465 e. The van der Waals surface area contributed by atoms with Crippen molar-refractivity contribution in [2.45, 2.75) is 32.4 Å². The first kappa shape index (κ1) is 12.8. The number of nitriles is 1. The molecule has 0 aromatic carbocycles. The lowest BCUT2D eigenvalue weighted by Crippen LogP contribution is -2.37. The number of furan rings is 1. The lowest BCUT2D eigenvalue weighted by Gasteiger charge is -2.28. The third-order valence-electron chi connectivity index (χ3n) is 2.60. The minimum atomic E-state index is -0.0331.